The van der Waals surface area contributed by atoms with Gasteiger partial charge in [0, 0.05) is 25.6 Å². The smallest absolute Gasteiger partial charge is 0.297 e. The van der Waals surface area contributed by atoms with Crippen LogP contribution >= 0.6 is 0 Å². The van der Waals surface area contributed by atoms with Gasteiger partial charge in [0.1, 0.15) is 6.26 Å². The summed E-state index contributed by atoms with van der Waals surface area (Å²) in [7, 11) is 0. The molecule has 0 spiro atoms. The summed E-state index contributed by atoms with van der Waals surface area (Å²) in [5.41, 5.74) is 6.50. The minimum atomic E-state index is 0.267. The molecule has 1 heterocycles. The highest BCUT2D eigenvalue weighted by Gasteiger charge is 2.12. The van der Waals surface area contributed by atoms with E-state index in [4.69, 9.17) is 10.2 Å². The number of oxazole rings is 1. The van der Waals surface area contributed by atoms with E-state index in [0.717, 1.165) is 18.8 Å². The molecular formula is C10H19N3O. The first-order valence-electron chi connectivity index (χ1n) is 5.13. The van der Waals surface area contributed by atoms with Crippen LogP contribution in [-0.4, -0.2) is 24.6 Å². The van der Waals surface area contributed by atoms with Crippen LogP contribution < -0.4 is 10.6 Å². The second-order valence-corrected chi connectivity index (χ2v) is 3.36. The Bertz CT molecular complexity index is 268. The van der Waals surface area contributed by atoms with E-state index in [1.807, 2.05) is 6.92 Å². The molecule has 14 heavy (non-hydrogen) atoms. The normalized spacial score (nSPS) is 12.9. The van der Waals surface area contributed by atoms with Crippen molar-refractivity contribution in [2.45, 2.75) is 26.7 Å². The molecule has 1 unspecified atom stereocenters. The van der Waals surface area contributed by atoms with E-state index >= 15 is 0 Å². The Balaban J connectivity index is 2.76. The molecule has 0 bridgehead atoms. The van der Waals surface area contributed by atoms with Crippen LogP contribution in [0.1, 0.15) is 32.4 Å². The molecule has 0 aliphatic carbocycles. The van der Waals surface area contributed by atoms with Gasteiger partial charge in [0.15, 0.2) is 0 Å². The van der Waals surface area contributed by atoms with Crippen LogP contribution in [0.3, 0.4) is 0 Å². The molecule has 1 aromatic heterocycles. The molecule has 4 nitrogen and oxygen atoms in total. The summed E-state index contributed by atoms with van der Waals surface area (Å²) < 4.78 is 5.39. The molecule has 1 aromatic rings. The van der Waals surface area contributed by atoms with Crippen LogP contribution in [0.4, 0.5) is 6.01 Å². The van der Waals surface area contributed by atoms with Gasteiger partial charge in [0.2, 0.25) is 0 Å². The minimum absolute atomic E-state index is 0.267. The second kappa shape index (κ2) is 5.00. The molecule has 80 valence electrons. The predicted octanol–water partition coefficient (Wildman–Crippen LogP) is 1.58. The van der Waals surface area contributed by atoms with E-state index in [-0.39, 0.29) is 5.92 Å². The van der Waals surface area contributed by atoms with E-state index in [0.29, 0.717) is 12.6 Å². The average Bonchev–Trinajstić information content (AvgIpc) is 2.68. The molecular weight excluding hydrogens is 178 g/mol. The molecule has 0 saturated carbocycles. The lowest BCUT2D eigenvalue weighted by molar-refractivity contribution is 0.538. The van der Waals surface area contributed by atoms with Crippen LogP contribution in [0.15, 0.2) is 10.7 Å². The van der Waals surface area contributed by atoms with Crippen LogP contribution in [0, 0.1) is 0 Å². The molecule has 1 rings (SSSR count). The van der Waals surface area contributed by atoms with Gasteiger partial charge in [0.05, 0.1) is 5.69 Å². The third-order valence-corrected chi connectivity index (χ3v) is 2.40. The number of anilines is 1. The summed E-state index contributed by atoms with van der Waals surface area (Å²) in [6, 6.07) is 0.699. The second-order valence-electron chi connectivity index (χ2n) is 3.36. The van der Waals surface area contributed by atoms with Crippen molar-refractivity contribution in [2.24, 2.45) is 5.73 Å². The average molecular weight is 197 g/mol. The lowest BCUT2D eigenvalue weighted by Crippen LogP contribution is -2.22. The Morgan fingerprint density at radius 2 is 2.14 bits per heavy atom. The van der Waals surface area contributed by atoms with Crippen molar-refractivity contribution in [3.8, 4) is 0 Å². The highest BCUT2D eigenvalue weighted by atomic mass is 16.4. The molecule has 0 aliphatic rings. The van der Waals surface area contributed by atoms with Gasteiger partial charge in [-0.15, -0.1) is 0 Å². The third-order valence-electron chi connectivity index (χ3n) is 2.40. The van der Waals surface area contributed by atoms with E-state index in [1.54, 1.807) is 6.26 Å². The van der Waals surface area contributed by atoms with Crippen molar-refractivity contribution in [1.29, 1.82) is 0 Å². The van der Waals surface area contributed by atoms with E-state index in [1.165, 1.54) is 0 Å². The molecule has 4 heteroatoms. The zero-order chi connectivity index (χ0) is 10.6. The van der Waals surface area contributed by atoms with Crippen LogP contribution in [-0.2, 0) is 0 Å². The van der Waals surface area contributed by atoms with Gasteiger partial charge < -0.3 is 15.1 Å². The van der Waals surface area contributed by atoms with Crippen molar-refractivity contribution >= 4 is 6.01 Å². The summed E-state index contributed by atoms with van der Waals surface area (Å²) >= 11 is 0. The fourth-order valence-electron chi connectivity index (χ4n) is 1.26. The molecule has 0 aromatic carbocycles. The molecule has 1 atom stereocenters. The topological polar surface area (TPSA) is 55.3 Å². The molecule has 0 amide bonds. The summed E-state index contributed by atoms with van der Waals surface area (Å²) in [6.45, 7) is 8.63. The van der Waals surface area contributed by atoms with Gasteiger partial charge in [-0.1, -0.05) is 6.92 Å². The third kappa shape index (κ3) is 2.26. The molecule has 0 aliphatic heterocycles. The predicted molar refractivity (Wildman–Crippen MR) is 57.5 cm³/mol. The molecule has 0 radical (unpaired) electrons. The van der Waals surface area contributed by atoms with Gasteiger partial charge in [-0.05, 0) is 13.8 Å². The Hall–Kier alpha value is -1.03. The minimum Gasteiger partial charge on any atom is -0.432 e. The van der Waals surface area contributed by atoms with Crippen molar-refractivity contribution in [1.82, 2.24) is 4.98 Å². The zero-order valence-corrected chi connectivity index (χ0v) is 9.16. The van der Waals surface area contributed by atoms with Crippen molar-refractivity contribution in [2.75, 3.05) is 24.5 Å². The summed E-state index contributed by atoms with van der Waals surface area (Å²) in [4.78, 5) is 6.48. The maximum atomic E-state index is 5.56. The van der Waals surface area contributed by atoms with Crippen molar-refractivity contribution in [3.05, 3.63) is 12.0 Å². The van der Waals surface area contributed by atoms with Gasteiger partial charge in [-0.25, -0.2) is 0 Å². The highest BCUT2D eigenvalue weighted by Crippen LogP contribution is 2.18. The number of nitrogens with two attached hydrogens (primary N) is 1. The molecule has 0 saturated heterocycles. The first kappa shape index (κ1) is 11.0. The van der Waals surface area contributed by atoms with E-state index in [2.05, 4.69) is 23.7 Å². The Morgan fingerprint density at radius 3 is 2.64 bits per heavy atom. The number of aromatic nitrogens is 1. The number of nitrogens with zero attached hydrogens (tertiary/aromatic N) is 2. The maximum absolute atomic E-state index is 5.56. The first-order valence-corrected chi connectivity index (χ1v) is 5.13. The zero-order valence-electron chi connectivity index (χ0n) is 9.16. The molecule has 2 N–H and O–H groups in total. The largest absolute Gasteiger partial charge is 0.432 e. The van der Waals surface area contributed by atoms with Crippen molar-refractivity contribution < 1.29 is 4.42 Å². The van der Waals surface area contributed by atoms with E-state index in [9.17, 15) is 0 Å². The summed E-state index contributed by atoms with van der Waals surface area (Å²) in [6.07, 6.45) is 1.70. The van der Waals surface area contributed by atoms with E-state index < -0.39 is 0 Å². The maximum Gasteiger partial charge on any atom is 0.297 e. The quantitative estimate of drug-likeness (QED) is 0.778. The van der Waals surface area contributed by atoms with Gasteiger partial charge in [-0.3, -0.25) is 0 Å². The monoisotopic (exact) mass is 197 g/mol. The SMILES string of the molecule is CCN(CC)c1nc(C(C)CN)co1. The number of rotatable bonds is 5. The van der Waals surface area contributed by atoms with Crippen molar-refractivity contribution in [3.63, 3.8) is 0 Å². The molecule has 0 fully saturated rings. The Labute approximate surface area is 85.1 Å². The van der Waals surface area contributed by atoms with Crippen LogP contribution in [0.5, 0.6) is 0 Å². The van der Waals surface area contributed by atoms with Crippen LogP contribution in [0.2, 0.25) is 0 Å². The van der Waals surface area contributed by atoms with Gasteiger partial charge in [-0.2, -0.15) is 4.98 Å². The number of hydrogen-bond acceptors (Lipinski definition) is 4. The lowest BCUT2D eigenvalue weighted by atomic mass is 10.1. The summed E-state index contributed by atoms with van der Waals surface area (Å²) in [5.74, 6) is 0.267. The fraction of sp³-hybridized carbons (Fsp3) is 0.700. The lowest BCUT2D eigenvalue weighted by Gasteiger charge is -2.14. The van der Waals surface area contributed by atoms with Gasteiger partial charge in [0.25, 0.3) is 6.01 Å². The van der Waals surface area contributed by atoms with Crippen LogP contribution in [0.25, 0.3) is 0 Å². The number of hydrogen-bond donors (Lipinski definition) is 1. The Kier molecular flexibility index (Phi) is 3.95. The first-order chi connectivity index (χ1) is 6.72. The fourth-order valence-corrected chi connectivity index (χ4v) is 1.26. The summed E-state index contributed by atoms with van der Waals surface area (Å²) in [5, 5.41) is 0. The van der Waals surface area contributed by atoms with Gasteiger partial charge >= 0.3 is 0 Å². The highest BCUT2D eigenvalue weighted by molar-refractivity contribution is 5.27. The Morgan fingerprint density at radius 1 is 1.50 bits per heavy atom. The standard InChI is InChI=1S/C10H19N3O/c1-4-13(5-2)10-12-9(7-14-10)8(3)6-11/h7-8H,4-6,11H2,1-3H3.